The number of ether oxygens (including phenoxy) is 1. The first-order chi connectivity index (χ1) is 20.8. The van der Waals surface area contributed by atoms with Crippen LogP contribution in [0.1, 0.15) is 43.3 Å². The number of rotatable bonds is 9. The Kier molecular flexibility index (Phi) is 7.27. The molecule has 4 aromatic carbocycles. The molecule has 0 saturated carbocycles. The second kappa shape index (κ2) is 11.3. The van der Waals surface area contributed by atoms with Crippen LogP contribution in [0, 0.1) is 17.0 Å². The smallest absolute Gasteiger partial charge is 0.296 e. The van der Waals surface area contributed by atoms with Gasteiger partial charge < -0.3 is 9.15 Å². The monoisotopic (exact) mass is 592 g/mol. The summed E-state index contributed by atoms with van der Waals surface area (Å²) in [6, 6.07) is 24.8. The molecule has 6 rings (SSSR count). The number of aromatic nitrogens is 3. The summed E-state index contributed by atoms with van der Waals surface area (Å²) >= 11 is 5.94. The Morgan fingerprint density at radius 2 is 1.58 bits per heavy atom. The van der Waals surface area contributed by atoms with Crippen molar-refractivity contribution in [3.8, 4) is 11.4 Å². The second-order valence-electron chi connectivity index (χ2n) is 9.62. The molecule has 6 aromatic rings. The highest BCUT2D eigenvalue weighted by molar-refractivity contribution is 6.30. The van der Waals surface area contributed by atoms with Gasteiger partial charge in [0.05, 0.1) is 27.6 Å². The Morgan fingerprint density at radius 1 is 0.930 bits per heavy atom. The van der Waals surface area contributed by atoms with Crippen LogP contribution in [0.3, 0.4) is 0 Å². The number of carbonyl (C=O) groups excluding carboxylic acids is 2. The lowest BCUT2D eigenvalue weighted by Crippen LogP contribution is -2.10. The molecule has 0 radical (unpaired) electrons. The van der Waals surface area contributed by atoms with Crippen molar-refractivity contribution in [1.29, 1.82) is 0 Å². The van der Waals surface area contributed by atoms with Gasteiger partial charge in [0.15, 0.2) is 11.6 Å². The van der Waals surface area contributed by atoms with Gasteiger partial charge >= 0.3 is 0 Å². The summed E-state index contributed by atoms with van der Waals surface area (Å²) in [6.07, 6.45) is 1.49. The first kappa shape index (κ1) is 27.6. The molecule has 0 unspecified atom stereocenters. The number of nitro benzene ring substituents is 1. The standard InChI is InChI=1S/C32H21ClN4O6/c1-19-14-26-31(42-18-23-17-36(35-34-23)27-13-12-22(33)15-28(27)37(40)41)24(29(38)20-8-4-2-5-9-20)16-25(32(26)43-19)30(39)21-10-6-3-7-11-21/h2-17H,18H2,1H3. The van der Waals surface area contributed by atoms with Gasteiger partial charge in [0.25, 0.3) is 5.69 Å². The predicted octanol–water partition coefficient (Wildman–Crippen LogP) is 6.92. The number of ketones is 2. The Balaban J connectivity index is 1.43. The van der Waals surface area contributed by atoms with Gasteiger partial charge in [0.1, 0.15) is 35.1 Å². The molecule has 0 aliphatic rings. The maximum Gasteiger partial charge on any atom is 0.296 e. The highest BCUT2D eigenvalue weighted by Gasteiger charge is 2.26. The molecule has 2 aromatic heterocycles. The van der Waals surface area contributed by atoms with E-state index in [0.717, 1.165) is 0 Å². The van der Waals surface area contributed by atoms with Crippen molar-refractivity contribution in [2.75, 3.05) is 0 Å². The fourth-order valence-corrected chi connectivity index (χ4v) is 4.92. The van der Waals surface area contributed by atoms with Crippen molar-refractivity contribution in [2.45, 2.75) is 13.5 Å². The predicted molar refractivity (Wildman–Crippen MR) is 158 cm³/mol. The summed E-state index contributed by atoms with van der Waals surface area (Å²) in [7, 11) is 0. The molecular formula is C32H21ClN4O6. The van der Waals surface area contributed by atoms with E-state index in [1.54, 1.807) is 67.6 Å². The maximum absolute atomic E-state index is 13.8. The summed E-state index contributed by atoms with van der Waals surface area (Å²) in [4.78, 5) is 38.5. The first-order valence-electron chi connectivity index (χ1n) is 13.0. The minimum Gasteiger partial charge on any atom is -0.486 e. The number of nitro groups is 1. The van der Waals surface area contributed by atoms with E-state index in [0.29, 0.717) is 28.0 Å². The fraction of sp³-hybridized carbons (Fsp3) is 0.0625. The van der Waals surface area contributed by atoms with E-state index < -0.39 is 4.92 Å². The minimum atomic E-state index is -0.559. The van der Waals surface area contributed by atoms with E-state index in [4.69, 9.17) is 20.8 Å². The van der Waals surface area contributed by atoms with Crippen molar-refractivity contribution in [1.82, 2.24) is 15.0 Å². The van der Waals surface area contributed by atoms with Gasteiger partial charge in [-0.25, -0.2) is 4.68 Å². The molecule has 10 nitrogen and oxygen atoms in total. The molecule has 0 aliphatic heterocycles. The Hall–Kier alpha value is -5.61. The lowest BCUT2D eigenvalue weighted by atomic mass is 9.94. The molecule has 0 bridgehead atoms. The Morgan fingerprint density at radius 3 is 2.23 bits per heavy atom. The molecular weight excluding hydrogens is 572 g/mol. The van der Waals surface area contributed by atoms with E-state index in [1.165, 1.54) is 35.1 Å². The van der Waals surface area contributed by atoms with Gasteiger partial charge in [-0.1, -0.05) is 77.5 Å². The van der Waals surface area contributed by atoms with Crippen molar-refractivity contribution < 1.29 is 23.7 Å². The fourth-order valence-electron chi connectivity index (χ4n) is 4.75. The van der Waals surface area contributed by atoms with Gasteiger partial charge in [-0.2, -0.15) is 0 Å². The third-order valence-corrected chi connectivity index (χ3v) is 6.96. The third-order valence-electron chi connectivity index (χ3n) is 6.73. The maximum atomic E-state index is 13.8. The number of fused-ring (bicyclic) bond motifs is 1. The van der Waals surface area contributed by atoms with Crippen LogP contribution < -0.4 is 4.74 Å². The molecule has 2 heterocycles. The molecule has 0 spiro atoms. The van der Waals surface area contributed by atoms with E-state index in [2.05, 4.69) is 10.3 Å². The molecule has 0 N–H and O–H groups in total. The van der Waals surface area contributed by atoms with Crippen LogP contribution >= 0.6 is 11.6 Å². The molecule has 0 amide bonds. The van der Waals surface area contributed by atoms with Crippen LogP contribution in [0.2, 0.25) is 5.02 Å². The van der Waals surface area contributed by atoms with Crippen molar-refractivity contribution >= 4 is 39.8 Å². The average molecular weight is 593 g/mol. The zero-order valence-electron chi connectivity index (χ0n) is 22.6. The molecule has 11 heteroatoms. The zero-order chi connectivity index (χ0) is 30.1. The number of benzene rings is 4. The van der Waals surface area contributed by atoms with Crippen LogP contribution in [-0.2, 0) is 6.61 Å². The number of aryl methyl sites for hydroxylation is 1. The van der Waals surface area contributed by atoms with Crippen LogP contribution in [0.15, 0.2) is 102 Å². The number of nitrogens with zero attached hydrogens (tertiary/aromatic N) is 4. The zero-order valence-corrected chi connectivity index (χ0v) is 23.3. The topological polar surface area (TPSA) is 130 Å². The summed E-state index contributed by atoms with van der Waals surface area (Å²) in [5, 5.41) is 20.4. The number of halogens is 1. The van der Waals surface area contributed by atoms with Gasteiger partial charge in [-0.3, -0.25) is 19.7 Å². The quantitative estimate of drug-likeness (QED) is 0.100. The van der Waals surface area contributed by atoms with E-state index in [1.807, 2.05) is 6.07 Å². The van der Waals surface area contributed by atoms with E-state index in [9.17, 15) is 19.7 Å². The number of carbonyl (C=O) groups is 2. The van der Waals surface area contributed by atoms with Crippen molar-refractivity contribution in [3.05, 3.63) is 146 Å². The summed E-state index contributed by atoms with van der Waals surface area (Å²) < 4.78 is 13.4. The van der Waals surface area contributed by atoms with Gasteiger partial charge in [0.2, 0.25) is 0 Å². The van der Waals surface area contributed by atoms with Crippen LogP contribution in [-0.4, -0.2) is 31.5 Å². The van der Waals surface area contributed by atoms with E-state index >= 15 is 0 Å². The average Bonchev–Trinajstić information content (AvgIpc) is 3.66. The first-order valence-corrected chi connectivity index (χ1v) is 13.4. The van der Waals surface area contributed by atoms with Crippen LogP contribution in [0.25, 0.3) is 16.7 Å². The highest BCUT2D eigenvalue weighted by atomic mass is 35.5. The number of furan rings is 1. The summed E-state index contributed by atoms with van der Waals surface area (Å²) in [6.45, 7) is 1.60. The van der Waals surface area contributed by atoms with Crippen molar-refractivity contribution in [2.24, 2.45) is 0 Å². The lowest BCUT2D eigenvalue weighted by Gasteiger charge is -2.14. The normalized spacial score (nSPS) is 11.0. The molecule has 43 heavy (non-hydrogen) atoms. The summed E-state index contributed by atoms with van der Waals surface area (Å²) in [5.74, 6) is 0.0737. The highest BCUT2D eigenvalue weighted by Crippen LogP contribution is 2.38. The summed E-state index contributed by atoms with van der Waals surface area (Å²) in [5.41, 5.74) is 1.79. The van der Waals surface area contributed by atoms with E-state index in [-0.39, 0.29) is 57.0 Å². The second-order valence-corrected chi connectivity index (χ2v) is 10.1. The molecule has 0 aliphatic carbocycles. The molecule has 0 atom stereocenters. The Labute approximate surface area is 249 Å². The molecule has 212 valence electrons. The van der Waals surface area contributed by atoms with Crippen molar-refractivity contribution in [3.63, 3.8) is 0 Å². The third kappa shape index (κ3) is 5.39. The van der Waals surface area contributed by atoms with Gasteiger partial charge in [-0.05, 0) is 31.2 Å². The van der Waals surface area contributed by atoms with Crippen LogP contribution in [0.5, 0.6) is 5.75 Å². The minimum absolute atomic E-state index is 0.137. The molecule has 0 fully saturated rings. The van der Waals surface area contributed by atoms with Gasteiger partial charge in [-0.15, -0.1) is 5.10 Å². The van der Waals surface area contributed by atoms with Gasteiger partial charge in [0, 0.05) is 22.2 Å². The number of hydrogen-bond donors (Lipinski definition) is 0. The molecule has 0 saturated heterocycles. The Bertz CT molecular complexity index is 2020. The largest absolute Gasteiger partial charge is 0.486 e. The number of hydrogen-bond acceptors (Lipinski definition) is 8. The lowest BCUT2D eigenvalue weighted by molar-refractivity contribution is -0.384. The van der Waals surface area contributed by atoms with Crippen LogP contribution in [0.4, 0.5) is 5.69 Å². The SMILES string of the molecule is Cc1cc2c(OCc3cn(-c4ccc(Cl)cc4[N+](=O)[O-])nn3)c(C(=O)c3ccccc3)cc(C(=O)c3ccccc3)c2o1.